The minimum atomic E-state index is -0.0324. The third kappa shape index (κ3) is 4.08. The van der Waals surface area contributed by atoms with Crippen LogP contribution in [0.5, 0.6) is 0 Å². The number of nitrogens with one attached hydrogen (secondary N) is 1. The van der Waals surface area contributed by atoms with Gasteiger partial charge in [-0.1, -0.05) is 0 Å². The first-order valence-electron chi connectivity index (χ1n) is 5.24. The van der Waals surface area contributed by atoms with Crippen LogP contribution in [0, 0.1) is 0 Å². The number of hydrogen-bond donors (Lipinski definition) is 1. The normalized spacial score (nSPS) is 20.4. The van der Waals surface area contributed by atoms with E-state index < -0.39 is 0 Å². The fourth-order valence-corrected chi connectivity index (χ4v) is 1.90. The molecule has 1 aliphatic heterocycles. The number of hydrogen-bond acceptors (Lipinski definition) is 2. The zero-order valence-corrected chi connectivity index (χ0v) is 9.72. The highest BCUT2D eigenvalue weighted by molar-refractivity contribution is 6.17. The number of carbonyl (C=O) groups excluding carboxylic acids is 2. The highest BCUT2D eigenvalue weighted by Crippen LogP contribution is 2.11. The summed E-state index contributed by atoms with van der Waals surface area (Å²) in [6, 6.07) is 0.127. The molecule has 0 saturated carbocycles. The van der Waals surface area contributed by atoms with Gasteiger partial charge in [0.2, 0.25) is 11.8 Å². The Bertz CT molecular complexity index is 246. The van der Waals surface area contributed by atoms with Gasteiger partial charge in [0.05, 0.1) is 0 Å². The summed E-state index contributed by atoms with van der Waals surface area (Å²) >= 11 is 5.52. The molecule has 0 radical (unpaired) electrons. The van der Waals surface area contributed by atoms with E-state index >= 15 is 0 Å². The molecule has 15 heavy (non-hydrogen) atoms. The SMILES string of the molecule is CC(=O)NC1CCN(C(=O)CCCCl)C1. The molecule has 1 saturated heterocycles. The van der Waals surface area contributed by atoms with Crippen molar-refractivity contribution in [3.05, 3.63) is 0 Å². The molecule has 0 spiro atoms. The summed E-state index contributed by atoms with van der Waals surface area (Å²) in [7, 11) is 0. The first-order chi connectivity index (χ1) is 7.13. The zero-order valence-electron chi connectivity index (χ0n) is 8.96. The number of carbonyl (C=O) groups is 2. The van der Waals surface area contributed by atoms with E-state index in [4.69, 9.17) is 11.6 Å². The van der Waals surface area contributed by atoms with Gasteiger partial charge in [0.25, 0.3) is 0 Å². The lowest BCUT2D eigenvalue weighted by molar-refractivity contribution is -0.130. The predicted octanol–water partition coefficient (Wildman–Crippen LogP) is 0.742. The van der Waals surface area contributed by atoms with Gasteiger partial charge in [-0.2, -0.15) is 0 Å². The van der Waals surface area contributed by atoms with Gasteiger partial charge in [-0.15, -0.1) is 11.6 Å². The number of nitrogens with zero attached hydrogens (tertiary/aromatic N) is 1. The van der Waals surface area contributed by atoms with Crippen molar-refractivity contribution in [2.75, 3.05) is 19.0 Å². The molecule has 1 rings (SSSR count). The maximum Gasteiger partial charge on any atom is 0.222 e. The van der Waals surface area contributed by atoms with E-state index in [1.807, 2.05) is 0 Å². The van der Waals surface area contributed by atoms with E-state index in [1.165, 1.54) is 6.92 Å². The number of halogens is 1. The topological polar surface area (TPSA) is 49.4 Å². The van der Waals surface area contributed by atoms with Crippen LogP contribution in [0.25, 0.3) is 0 Å². The number of amides is 2. The Morgan fingerprint density at radius 3 is 2.87 bits per heavy atom. The van der Waals surface area contributed by atoms with Gasteiger partial charge in [-0.05, 0) is 12.8 Å². The van der Waals surface area contributed by atoms with Crippen molar-refractivity contribution in [3.8, 4) is 0 Å². The third-order valence-corrected chi connectivity index (χ3v) is 2.74. The molecule has 2 amide bonds. The molecule has 1 N–H and O–H groups in total. The van der Waals surface area contributed by atoms with Crippen LogP contribution in [0.15, 0.2) is 0 Å². The van der Waals surface area contributed by atoms with Crippen LogP contribution >= 0.6 is 11.6 Å². The van der Waals surface area contributed by atoms with Crippen LogP contribution in [0.1, 0.15) is 26.2 Å². The van der Waals surface area contributed by atoms with Crippen molar-refractivity contribution >= 4 is 23.4 Å². The maximum absolute atomic E-state index is 11.6. The number of rotatable bonds is 4. The first-order valence-corrected chi connectivity index (χ1v) is 5.77. The molecule has 4 nitrogen and oxygen atoms in total. The van der Waals surface area contributed by atoms with Crippen LogP contribution in [0.3, 0.4) is 0 Å². The Kier molecular flexibility index (Phi) is 4.88. The average Bonchev–Trinajstić information content (AvgIpc) is 2.61. The van der Waals surface area contributed by atoms with E-state index in [2.05, 4.69) is 5.32 Å². The summed E-state index contributed by atoms with van der Waals surface area (Å²) < 4.78 is 0. The fraction of sp³-hybridized carbons (Fsp3) is 0.800. The van der Waals surface area contributed by atoms with Crippen LogP contribution < -0.4 is 5.32 Å². The second kappa shape index (κ2) is 5.95. The standard InChI is InChI=1S/C10H17ClN2O2/c1-8(14)12-9-4-6-13(7-9)10(15)3-2-5-11/h9H,2-7H2,1H3,(H,12,14). The minimum absolute atomic E-state index is 0.0324. The summed E-state index contributed by atoms with van der Waals surface area (Å²) in [5.41, 5.74) is 0. The highest BCUT2D eigenvalue weighted by atomic mass is 35.5. The van der Waals surface area contributed by atoms with Crippen molar-refractivity contribution in [1.29, 1.82) is 0 Å². The van der Waals surface area contributed by atoms with E-state index in [0.717, 1.165) is 19.4 Å². The van der Waals surface area contributed by atoms with E-state index in [1.54, 1.807) is 4.90 Å². The summed E-state index contributed by atoms with van der Waals surface area (Å²) in [6.45, 7) is 2.88. The van der Waals surface area contributed by atoms with Gasteiger partial charge >= 0.3 is 0 Å². The van der Waals surface area contributed by atoms with Gasteiger partial charge in [0, 0.05) is 38.4 Å². The molecule has 0 aromatic heterocycles. The molecule has 5 heteroatoms. The van der Waals surface area contributed by atoms with Gasteiger partial charge in [0.1, 0.15) is 0 Å². The van der Waals surface area contributed by atoms with Crippen LogP contribution in [0.2, 0.25) is 0 Å². The second-order valence-corrected chi connectivity index (χ2v) is 4.20. The minimum Gasteiger partial charge on any atom is -0.352 e. The molecule has 1 atom stereocenters. The Balaban J connectivity index is 2.29. The zero-order chi connectivity index (χ0) is 11.3. The number of alkyl halides is 1. The fourth-order valence-electron chi connectivity index (χ4n) is 1.77. The predicted molar refractivity (Wildman–Crippen MR) is 58.8 cm³/mol. The lowest BCUT2D eigenvalue weighted by Crippen LogP contribution is -2.37. The van der Waals surface area contributed by atoms with Gasteiger partial charge in [0.15, 0.2) is 0 Å². The van der Waals surface area contributed by atoms with E-state index in [-0.39, 0.29) is 17.9 Å². The van der Waals surface area contributed by atoms with Crippen molar-refractivity contribution in [2.24, 2.45) is 0 Å². The molecule has 0 aromatic carbocycles. The molecule has 1 heterocycles. The summed E-state index contributed by atoms with van der Waals surface area (Å²) in [6.07, 6.45) is 2.09. The summed E-state index contributed by atoms with van der Waals surface area (Å²) in [5, 5.41) is 2.82. The molecule has 0 aliphatic carbocycles. The summed E-state index contributed by atoms with van der Waals surface area (Å²) in [4.78, 5) is 24.2. The number of likely N-dealkylation sites (tertiary alicyclic amines) is 1. The van der Waals surface area contributed by atoms with Crippen molar-refractivity contribution in [3.63, 3.8) is 0 Å². The van der Waals surface area contributed by atoms with Crippen LogP contribution in [-0.2, 0) is 9.59 Å². The quantitative estimate of drug-likeness (QED) is 0.727. The Hall–Kier alpha value is -0.770. The molecule has 1 fully saturated rings. The molecule has 1 aliphatic rings. The molecular formula is C10H17ClN2O2. The van der Waals surface area contributed by atoms with Crippen molar-refractivity contribution < 1.29 is 9.59 Å². The Morgan fingerprint density at radius 2 is 2.27 bits per heavy atom. The Morgan fingerprint density at radius 1 is 1.53 bits per heavy atom. The smallest absolute Gasteiger partial charge is 0.222 e. The molecular weight excluding hydrogens is 216 g/mol. The summed E-state index contributed by atoms with van der Waals surface area (Å²) in [5.74, 6) is 0.632. The molecule has 1 unspecified atom stereocenters. The Labute approximate surface area is 95.0 Å². The average molecular weight is 233 g/mol. The first kappa shape index (κ1) is 12.3. The van der Waals surface area contributed by atoms with Gasteiger partial charge in [-0.25, -0.2) is 0 Å². The maximum atomic E-state index is 11.6. The highest BCUT2D eigenvalue weighted by Gasteiger charge is 2.25. The lowest BCUT2D eigenvalue weighted by Gasteiger charge is -2.16. The van der Waals surface area contributed by atoms with Crippen molar-refractivity contribution in [1.82, 2.24) is 10.2 Å². The van der Waals surface area contributed by atoms with Crippen LogP contribution in [-0.4, -0.2) is 41.7 Å². The molecule has 0 bridgehead atoms. The second-order valence-electron chi connectivity index (χ2n) is 3.82. The largest absolute Gasteiger partial charge is 0.352 e. The van der Waals surface area contributed by atoms with Crippen LogP contribution in [0.4, 0.5) is 0 Å². The third-order valence-electron chi connectivity index (χ3n) is 2.47. The molecule has 0 aromatic rings. The van der Waals surface area contributed by atoms with E-state index in [0.29, 0.717) is 18.8 Å². The lowest BCUT2D eigenvalue weighted by atomic mass is 10.2. The van der Waals surface area contributed by atoms with Crippen molar-refractivity contribution in [2.45, 2.75) is 32.2 Å². The van der Waals surface area contributed by atoms with Gasteiger partial charge in [-0.3, -0.25) is 9.59 Å². The molecule has 86 valence electrons. The van der Waals surface area contributed by atoms with E-state index in [9.17, 15) is 9.59 Å². The monoisotopic (exact) mass is 232 g/mol. The van der Waals surface area contributed by atoms with Gasteiger partial charge < -0.3 is 10.2 Å².